The Balaban J connectivity index is 1.65. The number of hydrogen-bond acceptors (Lipinski definition) is 3. The number of anilines is 1. The van der Waals surface area contributed by atoms with Crippen LogP contribution in [-0.2, 0) is 6.67 Å². The number of aromatic nitrogens is 2. The molecular formula is C15H20N4. The summed E-state index contributed by atoms with van der Waals surface area (Å²) in [5.74, 6) is 1.02. The molecule has 4 rings (SSSR count). The van der Waals surface area contributed by atoms with E-state index in [0.717, 1.165) is 30.8 Å². The molecule has 4 nitrogen and oxygen atoms in total. The second kappa shape index (κ2) is 4.53. The van der Waals surface area contributed by atoms with Gasteiger partial charge in [-0.1, -0.05) is 31.4 Å². The highest BCUT2D eigenvalue weighted by atomic mass is 15.4. The smallest absolute Gasteiger partial charge is 0.206 e. The van der Waals surface area contributed by atoms with Gasteiger partial charge in [-0.3, -0.25) is 9.47 Å². The molecule has 2 aromatic rings. The van der Waals surface area contributed by atoms with Crippen LogP contribution in [0.1, 0.15) is 32.1 Å². The number of hydrogen-bond donors (Lipinski definition) is 1. The maximum atomic E-state index is 4.66. The first-order valence-electron chi connectivity index (χ1n) is 7.35. The summed E-state index contributed by atoms with van der Waals surface area (Å²) in [6.45, 7) is 1.92. The lowest BCUT2D eigenvalue weighted by Gasteiger charge is -2.37. The summed E-state index contributed by atoms with van der Waals surface area (Å²) in [7, 11) is 0. The molecule has 4 heteroatoms. The van der Waals surface area contributed by atoms with Gasteiger partial charge in [0.1, 0.15) is 0 Å². The fourth-order valence-corrected chi connectivity index (χ4v) is 3.45. The van der Waals surface area contributed by atoms with Crippen molar-refractivity contribution in [3.05, 3.63) is 24.3 Å². The molecule has 0 atom stereocenters. The molecule has 0 spiro atoms. The van der Waals surface area contributed by atoms with Gasteiger partial charge in [0.25, 0.3) is 0 Å². The van der Waals surface area contributed by atoms with Gasteiger partial charge in [0.05, 0.1) is 24.4 Å². The third-order valence-electron chi connectivity index (χ3n) is 4.51. The molecule has 0 unspecified atom stereocenters. The molecule has 2 heterocycles. The van der Waals surface area contributed by atoms with E-state index in [9.17, 15) is 0 Å². The van der Waals surface area contributed by atoms with Gasteiger partial charge >= 0.3 is 0 Å². The summed E-state index contributed by atoms with van der Waals surface area (Å²) < 4.78 is 2.31. The highest BCUT2D eigenvalue weighted by Crippen LogP contribution is 2.28. The van der Waals surface area contributed by atoms with Crippen molar-refractivity contribution in [2.45, 2.75) is 44.8 Å². The lowest BCUT2D eigenvalue weighted by atomic mass is 9.94. The number of rotatable bonds is 1. The SMILES string of the molecule is c1ccc2c(c1)nc1n2CN(C2CCCCC2)CN1. The molecule has 1 saturated carbocycles. The Kier molecular flexibility index (Phi) is 2.69. The fourth-order valence-electron chi connectivity index (χ4n) is 3.45. The zero-order chi connectivity index (χ0) is 12.7. The van der Waals surface area contributed by atoms with E-state index in [1.165, 1.54) is 37.6 Å². The van der Waals surface area contributed by atoms with Crippen molar-refractivity contribution in [3.8, 4) is 0 Å². The topological polar surface area (TPSA) is 33.1 Å². The summed E-state index contributed by atoms with van der Waals surface area (Å²) in [4.78, 5) is 7.23. The Morgan fingerprint density at radius 1 is 1.11 bits per heavy atom. The molecule has 1 fully saturated rings. The van der Waals surface area contributed by atoms with Gasteiger partial charge in [0, 0.05) is 6.04 Å². The molecule has 0 saturated heterocycles. The highest BCUT2D eigenvalue weighted by molar-refractivity contribution is 5.78. The molecular weight excluding hydrogens is 236 g/mol. The Morgan fingerprint density at radius 3 is 2.84 bits per heavy atom. The number of nitrogens with one attached hydrogen (secondary N) is 1. The average Bonchev–Trinajstić information content (AvgIpc) is 2.86. The standard InChI is InChI=1S/C15H20N4/c1-2-6-12(7-3-1)18-10-16-15-17-13-8-4-5-9-14(13)19(15)11-18/h4-5,8-9,12H,1-3,6-7,10-11H2,(H,16,17). The number of para-hydroxylation sites is 2. The van der Waals surface area contributed by atoms with E-state index in [4.69, 9.17) is 0 Å². The zero-order valence-electron chi connectivity index (χ0n) is 11.2. The molecule has 1 aliphatic heterocycles. The molecule has 0 radical (unpaired) electrons. The molecule has 2 aliphatic rings. The van der Waals surface area contributed by atoms with Gasteiger partial charge in [-0.05, 0) is 25.0 Å². The molecule has 1 aromatic carbocycles. The van der Waals surface area contributed by atoms with E-state index < -0.39 is 0 Å². The first-order chi connectivity index (χ1) is 9.42. The third kappa shape index (κ3) is 1.91. The van der Waals surface area contributed by atoms with Crippen LogP contribution >= 0.6 is 0 Å². The van der Waals surface area contributed by atoms with Crippen molar-refractivity contribution in [1.29, 1.82) is 0 Å². The van der Waals surface area contributed by atoms with Gasteiger partial charge in [-0.25, -0.2) is 4.98 Å². The lowest BCUT2D eigenvalue weighted by molar-refractivity contribution is 0.122. The number of nitrogens with zero attached hydrogens (tertiary/aromatic N) is 3. The van der Waals surface area contributed by atoms with E-state index in [2.05, 4.69) is 44.0 Å². The molecule has 1 N–H and O–H groups in total. The van der Waals surface area contributed by atoms with Crippen LogP contribution in [0, 0.1) is 0 Å². The molecule has 0 amide bonds. The van der Waals surface area contributed by atoms with Crippen molar-refractivity contribution < 1.29 is 0 Å². The first kappa shape index (κ1) is 11.3. The van der Waals surface area contributed by atoms with Crippen LogP contribution in [0.4, 0.5) is 5.95 Å². The number of imidazole rings is 1. The maximum Gasteiger partial charge on any atom is 0.206 e. The Morgan fingerprint density at radius 2 is 1.95 bits per heavy atom. The minimum Gasteiger partial charge on any atom is -0.343 e. The summed E-state index contributed by atoms with van der Waals surface area (Å²) >= 11 is 0. The van der Waals surface area contributed by atoms with Crippen LogP contribution < -0.4 is 5.32 Å². The van der Waals surface area contributed by atoms with Crippen LogP contribution in [0.25, 0.3) is 11.0 Å². The van der Waals surface area contributed by atoms with Gasteiger partial charge in [0.2, 0.25) is 5.95 Å². The van der Waals surface area contributed by atoms with Crippen molar-refractivity contribution >= 4 is 17.0 Å². The van der Waals surface area contributed by atoms with E-state index >= 15 is 0 Å². The molecule has 19 heavy (non-hydrogen) atoms. The summed E-state index contributed by atoms with van der Waals surface area (Å²) in [6.07, 6.45) is 6.89. The van der Waals surface area contributed by atoms with Crippen molar-refractivity contribution in [2.75, 3.05) is 12.0 Å². The van der Waals surface area contributed by atoms with Crippen LogP contribution in [0.5, 0.6) is 0 Å². The predicted molar refractivity (Wildman–Crippen MR) is 76.9 cm³/mol. The Hall–Kier alpha value is -1.55. The van der Waals surface area contributed by atoms with Crippen LogP contribution in [-0.4, -0.2) is 27.2 Å². The summed E-state index contributed by atoms with van der Waals surface area (Å²) in [5.41, 5.74) is 2.33. The van der Waals surface area contributed by atoms with E-state index in [1.54, 1.807) is 0 Å². The van der Waals surface area contributed by atoms with E-state index in [0.29, 0.717) is 0 Å². The normalized spacial score (nSPS) is 21.3. The van der Waals surface area contributed by atoms with Crippen molar-refractivity contribution in [3.63, 3.8) is 0 Å². The second-order valence-electron chi connectivity index (χ2n) is 5.71. The largest absolute Gasteiger partial charge is 0.343 e. The van der Waals surface area contributed by atoms with Crippen molar-refractivity contribution in [2.24, 2.45) is 0 Å². The van der Waals surface area contributed by atoms with E-state index in [1.807, 2.05) is 0 Å². The minimum absolute atomic E-state index is 0.746. The first-order valence-corrected chi connectivity index (χ1v) is 7.35. The molecule has 1 aromatic heterocycles. The van der Waals surface area contributed by atoms with Gasteiger partial charge in [-0.15, -0.1) is 0 Å². The number of fused-ring (bicyclic) bond motifs is 3. The molecule has 100 valence electrons. The van der Waals surface area contributed by atoms with Gasteiger partial charge < -0.3 is 5.32 Å². The lowest BCUT2D eigenvalue weighted by Crippen LogP contribution is -2.44. The van der Waals surface area contributed by atoms with Gasteiger partial charge in [0.15, 0.2) is 0 Å². The second-order valence-corrected chi connectivity index (χ2v) is 5.71. The van der Waals surface area contributed by atoms with Crippen LogP contribution in [0.3, 0.4) is 0 Å². The molecule has 1 aliphatic carbocycles. The van der Waals surface area contributed by atoms with Gasteiger partial charge in [-0.2, -0.15) is 0 Å². The zero-order valence-corrected chi connectivity index (χ0v) is 11.2. The average molecular weight is 256 g/mol. The van der Waals surface area contributed by atoms with Crippen LogP contribution in [0.15, 0.2) is 24.3 Å². The Labute approximate surface area is 113 Å². The number of benzene rings is 1. The monoisotopic (exact) mass is 256 g/mol. The molecule has 0 bridgehead atoms. The fraction of sp³-hybridized carbons (Fsp3) is 0.533. The quantitative estimate of drug-likeness (QED) is 0.851. The summed E-state index contributed by atoms with van der Waals surface area (Å²) in [5, 5.41) is 3.48. The van der Waals surface area contributed by atoms with E-state index in [-0.39, 0.29) is 0 Å². The highest BCUT2D eigenvalue weighted by Gasteiger charge is 2.26. The third-order valence-corrected chi connectivity index (χ3v) is 4.51. The minimum atomic E-state index is 0.746. The Bertz CT molecular complexity index is 583. The predicted octanol–water partition coefficient (Wildman–Crippen LogP) is 3.01. The summed E-state index contributed by atoms with van der Waals surface area (Å²) in [6, 6.07) is 9.15. The van der Waals surface area contributed by atoms with Crippen LogP contribution in [0.2, 0.25) is 0 Å². The maximum absolute atomic E-state index is 4.66. The van der Waals surface area contributed by atoms with Crippen molar-refractivity contribution in [1.82, 2.24) is 14.5 Å².